The molecule has 1 rings (SSSR count). The van der Waals surface area contributed by atoms with Gasteiger partial charge >= 0.3 is 0 Å². The van der Waals surface area contributed by atoms with Crippen LogP contribution in [0.5, 0.6) is 5.75 Å². The molecule has 0 saturated heterocycles. The van der Waals surface area contributed by atoms with Crippen molar-refractivity contribution in [3.8, 4) is 5.75 Å². The lowest BCUT2D eigenvalue weighted by Gasteiger charge is -2.03. The predicted octanol–water partition coefficient (Wildman–Crippen LogP) is 0.360. The Kier molecular flexibility index (Phi) is 3.31. The number of benzene rings is 1. The quantitative estimate of drug-likeness (QED) is 0.598. The van der Waals surface area contributed by atoms with Crippen LogP contribution in [-0.4, -0.2) is 27.6 Å². The molecule has 6 heteroatoms. The summed E-state index contributed by atoms with van der Waals surface area (Å²) in [6.07, 6.45) is 0.986. The van der Waals surface area contributed by atoms with Crippen molar-refractivity contribution in [2.24, 2.45) is 10.1 Å². The average Bonchev–Trinajstić information content (AvgIpc) is 2.15. The van der Waals surface area contributed by atoms with Gasteiger partial charge in [-0.2, -0.15) is 0 Å². The topological polar surface area (TPSA) is 81.8 Å². The highest BCUT2D eigenvalue weighted by Gasteiger charge is 2.04. The zero-order valence-electron chi connectivity index (χ0n) is 8.47. The molecule has 0 aromatic heterocycles. The van der Waals surface area contributed by atoms with E-state index in [-0.39, 0.29) is 5.84 Å². The standard InChI is InChI=1S/C9H12N2O3S/c1-14-8-5-3-4-7(6-8)9(10)11-15(2,12)13/h3-6H,1-2H3,(H2,10,11). The van der Waals surface area contributed by atoms with E-state index in [0.29, 0.717) is 11.3 Å². The number of hydrogen-bond acceptors (Lipinski definition) is 3. The minimum atomic E-state index is -3.47. The van der Waals surface area contributed by atoms with Crippen LogP contribution in [-0.2, 0) is 10.0 Å². The van der Waals surface area contributed by atoms with E-state index >= 15 is 0 Å². The molecule has 0 aliphatic heterocycles. The molecule has 15 heavy (non-hydrogen) atoms. The highest BCUT2D eigenvalue weighted by Crippen LogP contribution is 2.12. The van der Waals surface area contributed by atoms with E-state index in [1.165, 1.54) is 7.11 Å². The van der Waals surface area contributed by atoms with Crippen LogP contribution in [0.3, 0.4) is 0 Å². The molecule has 82 valence electrons. The highest BCUT2D eigenvalue weighted by atomic mass is 32.2. The second kappa shape index (κ2) is 4.31. The number of hydrogen-bond donors (Lipinski definition) is 1. The smallest absolute Gasteiger partial charge is 0.252 e. The molecule has 0 atom stereocenters. The summed E-state index contributed by atoms with van der Waals surface area (Å²) < 4.78 is 30.1. The third kappa shape index (κ3) is 3.59. The van der Waals surface area contributed by atoms with E-state index in [1.807, 2.05) is 0 Å². The van der Waals surface area contributed by atoms with Gasteiger partial charge in [0, 0.05) is 5.56 Å². The second-order valence-electron chi connectivity index (χ2n) is 2.94. The molecule has 0 amide bonds. The van der Waals surface area contributed by atoms with Crippen LogP contribution in [0.4, 0.5) is 0 Å². The van der Waals surface area contributed by atoms with Crippen LogP contribution < -0.4 is 10.5 Å². The monoisotopic (exact) mass is 228 g/mol. The van der Waals surface area contributed by atoms with Crippen molar-refractivity contribution in [1.82, 2.24) is 0 Å². The van der Waals surface area contributed by atoms with Gasteiger partial charge in [-0.05, 0) is 12.1 Å². The van der Waals surface area contributed by atoms with Crippen molar-refractivity contribution in [2.45, 2.75) is 0 Å². The minimum Gasteiger partial charge on any atom is -0.497 e. The first-order valence-corrected chi connectivity index (χ1v) is 5.97. The van der Waals surface area contributed by atoms with Gasteiger partial charge in [-0.1, -0.05) is 12.1 Å². The Morgan fingerprint density at radius 3 is 2.67 bits per heavy atom. The van der Waals surface area contributed by atoms with Crippen LogP contribution >= 0.6 is 0 Å². The minimum absolute atomic E-state index is 0.0450. The van der Waals surface area contributed by atoms with Crippen LogP contribution in [0, 0.1) is 0 Å². The van der Waals surface area contributed by atoms with Gasteiger partial charge in [-0.15, -0.1) is 4.40 Å². The Morgan fingerprint density at radius 1 is 1.47 bits per heavy atom. The van der Waals surface area contributed by atoms with Crippen molar-refractivity contribution in [3.63, 3.8) is 0 Å². The van der Waals surface area contributed by atoms with Gasteiger partial charge < -0.3 is 10.5 Å². The van der Waals surface area contributed by atoms with Gasteiger partial charge in [-0.3, -0.25) is 0 Å². The molecule has 0 unspecified atom stereocenters. The van der Waals surface area contributed by atoms with Crippen LogP contribution in [0.1, 0.15) is 5.56 Å². The van der Waals surface area contributed by atoms with Crippen LogP contribution in [0.2, 0.25) is 0 Å². The van der Waals surface area contributed by atoms with Gasteiger partial charge in [0.2, 0.25) is 0 Å². The molecule has 1 aromatic carbocycles. The second-order valence-corrected chi connectivity index (χ2v) is 4.59. The number of nitrogens with zero attached hydrogens (tertiary/aromatic N) is 1. The summed E-state index contributed by atoms with van der Waals surface area (Å²) in [7, 11) is -1.95. The van der Waals surface area contributed by atoms with Gasteiger partial charge in [0.1, 0.15) is 11.6 Å². The van der Waals surface area contributed by atoms with E-state index < -0.39 is 10.0 Å². The van der Waals surface area contributed by atoms with Crippen molar-refractivity contribution in [3.05, 3.63) is 29.8 Å². The molecule has 2 N–H and O–H groups in total. The summed E-state index contributed by atoms with van der Waals surface area (Å²) >= 11 is 0. The fourth-order valence-corrected chi connectivity index (χ4v) is 1.48. The number of rotatable bonds is 3. The fourth-order valence-electron chi connectivity index (χ4n) is 1.01. The summed E-state index contributed by atoms with van der Waals surface area (Å²) in [5.74, 6) is 0.551. The zero-order valence-corrected chi connectivity index (χ0v) is 9.28. The Hall–Kier alpha value is -1.56. The third-order valence-electron chi connectivity index (χ3n) is 1.63. The molecular formula is C9H12N2O3S. The van der Waals surface area contributed by atoms with Gasteiger partial charge in [0.15, 0.2) is 0 Å². The van der Waals surface area contributed by atoms with Gasteiger partial charge in [0.05, 0.1) is 13.4 Å². The number of amidine groups is 1. The molecule has 0 aliphatic rings. The van der Waals surface area contributed by atoms with Crippen molar-refractivity contribution < 1.29 is 13.2 Å². The van der Waals surface area contributed by atoms with Crippen molar-refractivity contribution in [1.29, 1.82) is 0 Å². The molecule has 0 heterocycles. The normalized spacial score (nSPS) is 12.5. The van der Waals surface area contributed by atoms with E-state index in [4.69, 9.17) is 10.5 Å². The summed E-state index contributed by atoms with van der Waals surface area (Å²) in [5, 5.41) is 0. The Morgan fingerprint density at radius 2 is 2.13 bits per heavy atom. The molecule has 0 aliphatic carbocycles. The van der Waals surface area contributed by atoms with Crippen LogP contribution in [0.15, 0.2) is 28.7 Å². The number of methoxy groups -OCH3 is 1. The lowest BCUT2D eigenvalue weighted by molar-refractivity contribution is 0.414. The Bertz CT molecular complexity index is 480. The summed E-state index contributed by atoms with van der Waals surface area (Å²) in [6.45, 7) is 0. The van der Waals surface area contributed by atoms with Gasteiger partial charge in [0.25, 0.3) is 10.0 Å². The van der Waals surface area contributed by atoms with Crippen LogP contribution in [0.25, 0.3) is 0 Å². The Balaban J connectivity index is 3.12. The summed E-state index contributed by atoms with van der Waals surface area (Å²) in [5.41, 5.74) is 6.03. The predicted molar refractivity (Wildman–Crippen MR) is 58.6 cm³/mol. The number of sulfonamides is 1. The number of nitrogens with two attached hydrogens (primary N) is 1. The first-order valence-electron chi connectivity index (χ1n) is 4.12. The van der Waals surface area contributed by atoms with Crippen molar-refractivity contribution >= 4 is 15.9 Å². The molecule has 0 radical (unpaired) electrons. The first kappa shape index (κ1) is 11.5. The summed E-state index contributed by atoms with van der Waals surface area (Å²) in [6, 6.07) is 6.71. The molecule has 0 saturated carbocycles. The average molecular weight is 228 g/mol. The maximum atomic E-state index is 10.9. The maximum Gasteiger partial charge on any atom is 0.252 e. The van der Waals surface area contributed by atoms with E-state index in [9.17, 15) is 8.42 Å². The van der Waals surface area contributed by atoms with Gasteiger partial charge in [-0.25, -0.2) is 8.42 Å². The van der Waals surface area contributed by atoms with E-state index in [2.05, 4.69) is 4.40 Å². The third-order valence-corrected chi connectivity index (χ3v) is 2.16. The molecule has 0 spiro atoms. The fraction of sp³-hybridized carbons (Fsp3) is 0.222. The molecule has 0 fully saturated rings. The molecule has 1 aromatic rings. The molecular weight excluding hydrogens is 216 g/mol. The van der Waals surface area contributed by atoms with E-state index in [1.54, 1.807) is 24.3 Å². The number of ether oxygens (including phenoxy) is 1. The lowest BCUT2D eigenvalue weighted by atomic mass is 10.2. The molecule has 0 bridgehead atoms. The SMILES string of the molecule is COc1cccc(/C(N)=N/S(C)(=O)=O)c1. The highest BCUT2D eigenvalue weighted by molar-refractivity contribution is 7.89. The summed E-state index contributed by atoms with van der Waals surface area (Å²) in [4.78, 5) is 0. The van der Waals surface area contributed by atoms with Crippen molar-refractivity contribution in [2.75, 3.05) is 13.4 Å². The van der Waals surface area contributed by atoms with E-state index in [0.717, 1.165) is 6.26 Å². The largest absolute Gasteiger partial charge is 0.497 e. The lowest BCUT2D eigenvalue weighted by Crippen LogP contribution is -2.15. The Labute approximate surface area is 88.6 Å². The molecule has 5 nitrogen and oxygen atoms in total. The maximum absolute atomic E-state index is 10.9. The first-order chi connectivity index (χ1) is 6.92. The zero-order chi connectivity index (χ0) is 11.5.